The van der Waals surface area contributed by atoms with Crippen LogP contribution in [-0.2, 0) is 14.3 Å². The highest BCUT2D eigenvalue weighted by Gasteiger charge is 2.36. The smallest absolute Gasteiger partial charge is 0.306 e. The Morgan fingerprint density at radius 3 is 2.71 bits per heavy atom. The number of carbonyl (C=O) groups excluding carboxylic acids is 2. The molecule has 0 radical (unpaired) electrons. The van der Waals surface area contributed by atoms with Gasteiger partial charge in [0.05, 0.1) is 35.8 Å². The third kappa shape index (κ3) is 5.19. The molecule has 2 aliphatic heterocycles. The van der Waals surface area contributed by atoms with E-state index in [1.165, 1.54) is 11.0 Å². The summed E-state index contributed by atoms with van der Waals surface area (Å²) in [5.41, 5.74) is 0.371. The number of nitro benzene ring substituents is 1. The first-order valence-corrected chi connectivity index (χ1v) is 11.3. The van der Waals surface area contributed by atoms with Gasteiger partial charge in [-0.2, -0.15) is 4.39 Å². The molecule has 0 aliphatic carbocycles. The lowest BCUT2D eigenvalue weighted by Crippen LogP contribution is -2.45. The molecular weight excluding hydrogens is 467 g/mol. The number of carbonyl (C=O) groups is 2. The summed E-state index contributed by atoms with van der Waals surface area (Å²) >= 11 is 6.44. The molecule has 2 saturated heterocycles. The van der Waals surface area contributed by atoms with Crippen LogP contribution in [0, 0.1) is 21.8 Å². The van der Waals surface area contributed by atoms with E-state index < -0.39 is 22.3 Å². The van der Waals surface area contributed by atoms with E-state index in [9.17, 15) is 24.1 Å². The molecule has 2 fully saturated rings. The average Bonchev–Trinajstić information content (AvgIpc) is 3.22. The SMILES string of the molecule is O=C(NCC(c1ccccc1Cl)N1CCOCC1)C1CC(=O)N(c2ccc(F)c([N+](=O)[O-])c2)C1. The molecule has 2 unspecified atom stereocenters. The number of amides is 2. The molecule has 2 atom stereocenters. The summed E-state index contributed by atoms with van der Waals surface area (Å²) in [6.45, 7) is 2.93. The number of nitrogens with one attached hydrogen (secondary N) is 1. The van der Waals surface area contributed by atoms with Crippen molar-refractivity contribution in [1.29, 1.82) is 0 Å². The van der Waals surface area contributed by atoms with Crippen LogP contribution in [-0.4, -0.2) is 61.0 Å². The monoisotopic (exact) mass is 490 g/mol. The fraction of sp³-hybridized carbons (Fsp3) is 0.391. The van der Waals surface area contributed by atoms with E-state index in [1.807, 2.05) is 24.3 Å². The number of ether oxygens (including phenoxy) is 1. The number of hydrogen-bond acceptors (Lipinski definition) is 6. The molecule has 2 aromatic carbocycles. The predicted octanol–water partition coefficient (Wildman–Crippen LogP) is 2.93. The molecule has 11 heteroatoms. The molecule has 180 valence electrons. The summed E-state index contributed by atoms with van der Waals surface area (Å²) in [5, 5.41) is 14.6. The first-order chi connectivity index (χ1) is 16.3. The van der Waals surface area contributed by atoms with Crippen molar-refractivity contribution in [2.24, 2.45) is 5.92 Å². The number of hydrogen-bond donors (Lipinski definition) is 1. The minimum atomic E-state index is -0.983. The molecule has 2 heterocycles. The minimum Gasteiger partial charge on any atom is -0.379 e. The van der Waals surface area contributed by atoms with E-state index in [0.717, 1.165) is 17.7 Å². The number of anilines is 1. The fourth-order valence-electron chi connectivity index (χ4n) is 4.35. The van der Waals surface area contributed by atoms with Crippen molar-refractivity contribution < 1.29 is 23.6 Å². The molecule has 0 saturated carbocycles. The van der Waals surface area contributed by atoms with Crippen molar-refractivity contribution in [1.82, 2.24) is 10.2 Å². The van der Waals surface area contributed by atoms with Gasteiger partial charge < -0.3 is 15.0 Å². The van der Waals surface area contributed by atoms with Crippen molar-refractivity contribution >= 4 is 34.8 Å². The topological polar surface area (TPSA) is 105 Å². The number of nitrogens with zero attached hydrogens (tertiary/aromatic N) is 3. The van der Waals surface area contributed by atoms with Crippen LogP contribution < -0.4 is 10.2 Å². The zero-order chi connectivity index (χ0) is 24.2. The van der Waals surface area contributed by atoms with Crippen molar-refractivity contribution in [3.8, 4) is 0 Å². The molecule has 9 nitrogen and oxygen atoms in total. The molecule has 1 N–H and O–H groups in total. The number of rotatable bonds is 7. The van der Waals surface area contributed by atoms with E-state index in [1.54, 1.807) is 0 Å². The third-order valence-corrected chi connectivity index (χ3v) is 6.50. The van der Waals surface area contributed by atoms with Gasteiger partial charge in [0.15, 0.2) is 0 Å². The second kappa shape index (κ2) is 10.5. The highest BCUT2D eigenvalue weighted by atomic mass is 35.5. The van der Waals surface area contributed by atoms with Crippen LogP contribution in [0.1, 0.15) is 18.0 Å². The number of halogens is 2. The summed E-state index contributed by atoms with van der Waals surface area (Å²) < 4.78 is 19.1. The first-order valence-electron chi connectivity index (χ1n) is 10.9. The third-order valence-electron chi connectivity index (χ3n) is 6.15. The van der Waals surface area contributed by atoms with Crippen molar-refractivity contribution in [2.75, 3.05) is 44.3 Å². The van der Waals surface area contributed by atoms with Crippen LogP contribution in [0.4, 0.5) is 15.8 Å². The van der Waals surface area contributed by atoms with E-state index in [0.29, 0.717) is 37.9 Å². The Balaban J connectivity index is 1.45. The minimum absolute atomic E-state index is 0.0364. The molecule has 0 aromatic heterocycles. The largest absolute Gasteiger partial charge is 0.379 e. The zero-order valence-electron chi connectivity index (χ0n) is 18.3. The Hall–Kier alpha value is -3.08. The Morgan fingerprint density at radius 2 is 2.00 bits per heavy atom. The van der Waals surface area contributed by atoms with Gasteiger partial charge in [0.2, 0.25) is 17.6 Å². The van der Waals surface area contributed by atoms with Gasteiger partial charge in [0.1, 0.15) is 0 Å². The maximum absolute atomic E-state index is 13.7. The Labute approximate surface area is 200 Å². The van der Waals surface area contributed by atoms with E-state index in [2.05, 4.69) is 10.2 Å². The molecule has 0 spiro atoms. The van der Waals surface area contributed by atoms with Gasteiger partial charge >= 0.3 is 5.69 Å². The van der Waals surface area contributed by atoms with Crippen LogP contribution in [0.5, 0.6) is 0 Å². The standard InChI is InChI=1S/C23H24ClFN4O5/c24-18-4-2-1-3-17(18)21(27-7-9-34-10-8-27)13-26-23(31)15-11-22(30)28(14-15)16-5-6-19(25)20(12-16)29(32)33/h1-6,12,15,21H,7-11,13-14H2,(H,26,31). The number of morpholine rings is 1. The fourth-order valence-corrected chi connectivity index (χ4v) is 4.62. The second-order valence-electron chi connectivity index (χ2n) is 8.23. The maximum atomic E-state index is 13.7. The number of benzene rings is 2. The van der Waals surface area contributed by atoms with Gasteiger partial charge in [0, 0.05) is 43.7 Å². The van der Waals surface area contributed by atoms with Crippen LogP contribution in [0.15, 0.2) is 42.5 Å². The second-order valence-corrected chi connectivity index (χ2v) is 8.64. The summed E-state index contributed by atoms with van der Waals surface area (Å²) in [4.78, 5) is 39.2. The van der Waals surface area contributed by atoms with E-state index >= 15 is 0 Å². The molecule has 0 bridgehead atoms. The van der Waals surface area contributed by atoms with E-state index in [-0.39, 0.29) is 36.5 Å². The molecule has 2 aromatic rings. The summed E-state index contributed by atoms with van der Waals surface area (Å²) in [5.74, 6) is -2.26. The van der Waals surface area contributed by atoms with Gasteiger partial charge in [-0.25, -0.2) is 0 Å². The van der Waals surface area contributed by atoms with Crippen LogP contribution in [0.2, 0.25) is 5.02 Å². The normalized spacial score (nSPS) is 19.8. The Kier molecular flexibility index (Phi) is 7.40. The van der Waals surface area contributed by atoms with Gasteiger partial charge in [-0.05, 0) is 23.8 Å². The molecule has 4 rings (SSSR count). The lowest BCUT2D eigenvalue weighted by Gasteiger charge is -2.35. The summed E-state index contributed by atoms with van der Waals surface area (Å²) in [6.07, 6.45) is -0.0364. The van der Waals surface area contributed by atoms with Gasteiger partial charge in [-0.1, -0.05) is 29.8 Å². The van der Waals surface area contributed by atoms with Gasteiger partial charge in [0.25, 0.3) is 0 Å². The highest BCUT2D eigenvalue weighted by Crippen LogP contribution is 2.31. The first kappa shape index (κ1) is 24.1. The molecule has 2 aliphatic rings. The van der Waals surface area contributed by atoms with Crippen LogP contribution in [0.25, 0.3) is 0 Å². The lowest BCUT2D eigenvalue weighted by atomic mass is 10.0. The predicted molar refractivity (Wildman–Crippen MR) is 123 cm³/mol. The van der Waals surface area contributed by atoms with Crippen molar-refractivity contribution in [2.45, 2.75) is 12.5 Å². The Bertz CT molecular complexity index is 1090. The molecule has 2 amide bonds. The number of nitro groups is 1. The van der Waals surface area contributed by atoms with Crippen LogP contribution >= 0.6 is 11.6 Å². The molecule has 34 heavy (non-hydrogen) atoms. The lowest BCUT2D eigenvalue weighted by molar-refractivity contribution is -0.387. The zero-order valence-corrected chi connectivity index (χ0v) is 19.0. The maximum Gasteiger partial charge on any atom is 0.306 e. The summed E-state index contributed by atoms with van der Waals surface area (Å²) in [7, 11) is 0. The van der Waals surface area contributed by atoms with Gasteiger partial charge in [-0.15, -0.1) is 0 Å². The average molecular weight is 491 g/mol. The quantitative estimate of drug-likeness (QED) is 0.472. The Morgan fingerprint density at radius 1 is 1.26 bits per heavy atom. The van der Waals surface area contributed by atoms with E-state index in [4.69, 9.17) is 16.3 Å². The van der Waals surface area contributed by atoms with Crippen molar-refractivity contribution in [3.05, 3.63) is 69.0 Å². The highest BCUT2D eigenvalue weighted by molar-refractivity contribution is 6.31. The van der Waals surface area contributed by atoms with Crippen LogP contribution in [0.3, 0.4) is 0 Å². The molecular formula is C23H24ClFN4O5. The van der Waals surface area contributed by atoms with Crippen molar-refractivity contribution in [3.63, 3.8) is 0 Å². The van der Waals surface area contributed by atoms with Gasteiger partial charge in [-0.3, -0.25) is 24.6 Å². The summed E-state index contributed by atoms with van der Waals surface area (Å²) in [6, 6.07) is 10.6.